The van der Waals surface area contributed by atoms with E-state index in [2.05, 4.69) is 5.32 Å². The lowest BCUT2D eigenvalue weighted by Gasteiger charge is -2.30. The van der Waals surface area contributed by atoms with Crippen molar-refractivity contribution in [3.05, 3.63) is 82.0 Å². The Bertz CT molecular complexity index is 1270. The van der Waals surface area contributed by atoms with Crippen LogP contribution in [0.5, 0.6) is 0 Å². The molecule has 3 rings (SSSR count). The first-order valence-electron chi connectivity index (χ1n) is 11.9. The highest BCUT2D eigenvalue weighted by molar-refractivity contribution is 7.89. The largest absolute Gasteiger partial charge is 0.332 e. The van der Waals surface area contributed by atoms with Crippen molar-refractivity contribution in [2.24, 2.45) is 0 Å². The summed E-state index contributed by atoms with van der Waals surface area (Å²) < 4.78 is 28.5. The summed E-state index contributed by atoms with van der Waals surface area (Å²) in [6, 6.07) is 17.3. The third-order valence-electron chi connectivity index (χ3n) is 6.03. The summed E-state index contributed by atoms with van der Waals surface area (Å²) in [6.07, 6.45) is 0.555. The average Bonchev–Trinajstić information content (AvgIpc) is 3.26. The van der Waals surface area contributed by atoms with Crippen molar-refractivity contribution in [1.29, 1.82) is 0 Å². The molecule has 3 aromatic rings. The van der Waals surface area contributed by atoms with Gasteiger partial charge in [-0.05, 0) is 67.1 Å². The highest BCUT2D eigenvalue weighted by Crippen LogP contribution is 2.24. The summed E-state index contributed by atoms with van der Waals surface area (Å²) in [7, 11) is -3.95. The van der Waals surface area contributed by atoms with E-state index in [1.807, 2.05) is 62.5 Å². The lowest BCUT2D eigenvalue weighted by molar-refractivity contribution is -0.133. The van der Waals surface area contributed by atoms with Gasteiger partial charge in [-0.15, -0.1) is 11.3 Å². The number of nitrogens with zero attached hydrogens (tertiary/aromatic N) is 2. The third kappa shape index (κ3) is 7.02. The number of carbonyl (C=O) groups is 2. The second-order valence-electron chi connectivity index (χ2n) is 8.78. The van der Waals surface area contributed by atoms with Crippen LogP contribution < -0.4 is 5.32 Å². The smallest absolute Gasteiger partial charge is 0.243 e. The van der Waals surface area contributed by atoms with E-state index in [9.17, 15) is 18.0 Å². The number of rotatable bonds is 11. The van der Waals surface area contributed by atoms with E-state index >= 15 is 0 Å². The van der Waals surface area contributed by atoms with E-state index in [4.69, 9.17) is 0 Å². The maximum Gasteiger partial charge on any atom is 0.243 e. The predicted molar refractivity (Wildman–Crippen MR) is 144 cm³/mol. The fraction of sp³-hybridized carbons (Fsp3) is 0.333. The van der Waals surface area contributed by atoms with Gasteiger partial charge in [-0.25, -0.2) is 8.42 Å². The maximum atomic E-state index is 13.6. The van der Waals surface area contributed by atoms with Crippen LogP contribution in [-0.4, -0.2) is 42.0 Å². The normalized spacial score (nSPS) is 12.4. The molecule has 1 unspecified atom stereocenters. The van der Waals surface area contributed by atoms with Crippen LogP contribution in [0, 0.1) is 6.92 Å². The molecule has 0 saturated heterocycles. The van der Waals surface area contributed by atoms with E-state index in [0.29, 0.717) is 25.2 Å². The van der Waals surface area contributed by atoms with E-state index in [-0.39, 0.29) is 29.3 Å². The topological polar surface area (TPSA) is 86.8 Å². The van der Waals surface area contributed by atoms with Gasteiger partial charge >= 0.3 is 0 Å². The predicted octanol–water partition coefficient (Wildman–Crippen LogP) is 5.03. The van der Waals surface area contributed by atoms with Gasteiger partial charge in [0.25, 0.3) is 0 Å². The van der Waals surface area contributed by atoms with Gasteiger partial charge in [-0.2, -0.15) is 4.31 Å². The summed E-state index contributed by atoms with van der Waals surface area (Å²) >= 11 is 1.59. The van der Waals surface area contributed by atoms with Gasteiger partial charge in [0.2, 0.25) is 21.8 Å². The monoisotopic (exact) mass is 527 g/mol. The van der Waals surface area contributed by atoms with Gasteiger partial charge in [0.15, 0.2) is 0 Å². The summed E-state index contributed by atoms with van der Waals surface area (Å²) in [6.45, 7) is 7.64. The van der Waals surface area contributed by atoms with E-state index < -0.39 is 10.0 Å². The SMILES string of the molecule is CCC(C)N(CC(=O)N(Cc1ccccc1)Cc1sccc1C)S(=O)(=O)c1ccc(NC(C)=O)cc1. The molecule has 0 saturated carbocycles. The van der Waals surface area contributed by atoms with Crippen molar-refractivity contribution in [2.45, 2.75) is 58.1 Å². The number of nitrogens with one attached hydrogen (secondary N) is 1. The van der Waals surface area contributed by atoms with Crippen molar-refractivity contribution < 1.29 is 18.0 Å². The molecule has 7 nitrogen and oxygen atoms in total. The van der Waals surface area contributed by atoms with Crippen molar-refractivity contribution >= 4 is 38.9 Å². The molecule has 0 fully saturated rings. The van der Waals surface area contributed by atoms with Crippen LogP contribution in [-0.2, 0) is 32.7 Å². The third-order valence-corrected chi connectivity index (χ3v) is 9.01. The van der Waals surface area contributed by atoms with Gasteiger partial charge in [-0.3, -0.25) is 9.59 Å². The average molecular weight is 528 g/mol. The fourth-order valence-corrected chi connectivity index (χ4v) is 6.31. The molecule has 0 bridgehead atoms. The highest BCUT2D eigenvalue weighted by Gasteiger charge is 2.32. The molecule has 2 amide bonds. The summed E-state index contributed by atoms with van der Waals surface area (Å²) in [5.74, 6) is -0.498. The number of anilines is 1. The number of amides is 2. The first-order valence-corrected chi connectivity index (χ1v) is 14.2. The number of sulfonamides is 1. The van der Waals surface area contributed by atoms with Crippen molar-refractivity contribution in [1.82, 2.24) is 9.21 Å². The van der Waals surface area contributed by atoms with E-state index in [1.54, 1.807) is 28.4 Å². The van der Waals surface area contributed by atoms with Gasteiger partial charge < -0.3 is 10.2 Å². The molecule has 0 aliphatic rings. The Morgan fingerprint density at radius 2 is 1.67 bits per heavy atom. The molecule has 9 heteroatoms. The van der Waals surface area contributed by atoms with Crippen LogP contribution in [0.4, 0.5) is 5.69 Å². The first kappa shape index (κ1) is 27.6. The zero-order valence-electron chi connectivity index (χ0n) is 21.1. The number of aryl methyl sites for hydroxylation is 1. The Balaban J connectivity index is 1.88. The molecule has 2 aromatic carbocycles. The van der Waals surface area contributed by atoms with Crippen molar-refractivity contribution in [2.75, 3.05) is 11.9 Å². The first-order chi connectivity index (χ1) is 17.1. The van der Waals surface area contributed by atoms with E-state index in [1.165, 1.54) is 23.4 Å². The van der Waals surface area contributed by atoms with Crippen molar-refractivity contribution in [3.63, 3.8) is 0 Å². The number of hydrogen-bond donors (Lipinski definition) is 1. The Kier molecular flexibility index (Phi) is 9.42. The molecule has 1 N–H and O–H groups in total. The molecule has 0 spiro atoms. The molecular weight excluding hydrogens is 494 g/mol. The van der Waals surface area contributed by atoms with Crippen LogP contribution in [0.1, 0.15) is 43.2 Å². The van der Waals surface area contributed by atoms with Gasteiger partial charge in [0, 0.05) is 30.1 Å². The zero-order valence-corrected chi connectivity index (χ0v) is 22.7. The molecule has 36 heavy (non-hydrogen) atoms. The van der Waals surface area contributed by atoms with E-state index in [0.717, 1.165) is 16.0 Å². The minimum Gasteiger partial charge on any atom is -0.332 e. The molecule has 0 aliphatic heterocycles. The Morgan fingerprint density at radius 1 is 1.00 bits per heavy atom. The number of thiophene rings is 1. The molecule has 1 aromatic heterocycles. The quantitative estimate of drug-likeness (QED) is 0.379. The van der Waals surface area contributed by atoms with Crippen molar-refractivity contribution in [3.8, 4) is 0 Å². The molecule has 192 valence electrons. The Labute approximate surface area is 217 Å². The minimum atomic E-state index is -3.95. The lowest BCUT2D eigenvalue weighted by Crippen LogP contribution is -2.46. The van der Waals surface area contributed by atoms with Gasteiger partial charge in [0.05, 0.1) is 18.0 Å². The van der Waals surface area contributed by atoms with Crippen LogP contribution in [0.2, 0.25) is 0 Å². The summed E-state index contributed by atoms with van der Waals surface area (Å²) in [4.78, 5) is 27.8. The molecule has 1 heterocycles. The van der Waals surface area contributed by atoms with Crippen LogP contribution in [0.25, 0.3) is 0 Å². The number of carbonyl (C=O) groups excluding carboxylic acids is 2. The van der Waals surface area contributed by atoms with Crippen LogP contribution in [0.15, 0.2) is 70.9 Å². The summed E-state index contributed by atoms with van der Waals surface area (Å²) in [5.41, 5.74) is 2.59. The maximum absolute atomic E-state index is 13.6. The molecule has 0 radical (unpaired) electrons. The lowest BCUT2D eigenvalue weighted by atomic mass is 10.2. The fourth-order valence-electron chi connectivity index (χ4n) is 3.74. The number of benzene rings is 2. The molecule has 0 aliphatic carbocycles. The highest BCUT2D eigenvalue weighted by atomic mass is 32.2. The second kappa shape index (κ2) is 12.3. The second-order valence-corrected chi connectivity index (χ2v) is 11.7. The van der Waals surface area contributed by atoms with Gasteiger partial charge in [0.1, 0.15) is 0 Å². The molecular formula is C27H33N3O4S2. The minimum absolute atomic E-state index is 0.0772. The van der Waals surface area contributed by atoms with Crippen LogP contribution in [0.3, 0.4) is 0 Å². The Morgan fingerprint density at radius 3 is 2.22 bits per heavy atom. The van der Waals surface area contributed by atoms with Gasteiger partial charge in [-0.1, -0.05) is 37.3 Å². The Hall–Kier alpha value is -3.01. The standard InChI is InChI=1S/C27H33N3O4S2/c1-5-21(3)30(36(33,34)25-13-11-24(12-14-25)28-22(4)31)19-27(32)29(17-23-9-7-6-8-10-23)18-26-20(2)15-16-35-26/h6-16,21H,5,17-19H2,1-4H3,(H,28,31). The number of hydrogen-bond acceptors (Lipinski definition) is 5. The van der Waals surface area contributed by atoms with Crippen LogP contribution >= 0.6 is 11.3 Å². The zero-order chi connectivity index (χ0) is 26.3. The molecule has 1 atom stereocenters. The summed E-state index contributed by atoms with van der Waals surface area (Å²) in [5, 5.41) is 4.63.